The van der Waals surface area contributed by atoms with Gasteiger partial charge in [-0.1, -0.05) is 12.1 Å². The van der Waals surface area contributed by atoms with Crippen molar-refractivity contribution in [3.8, 4) is 0 Å². The van der Waals surface area contributed by atoms with Crippen LogP contribution in [0.25, 0.3) is 21.3 Å². The molecule has 0 saturated heterocycles. The number of aromatic amines is 2. The summed E-state index contributed by atoms with van der Waals surface area (Å²) in [5, 5.41) is 3.99. The van der Waals surface area contributed by atoms with Gasteiger partial charge in [0, 0.05) is 12.1 Å². The highest BCUT2D eigenvalue weighted by atomic mass is 32.1. The van der Waals surface area contributed by atoms with Crippen LogP contribution in [0.2, 0.25) is 0 Å². The Hall–Kier alpha value is -2.93. The molecule has 0 atom stereocenters. The van der Waals surface area contributed by atoms with Crippen molar-refractivity contribution >= 4 is 44.2 Å². The minimum atomic E-state index is -0.252. The van der Waals surface area contributed by atoms with Gasteiger partial charge in [-0.05, 0) is 49.6 Å². The van der Waals surface area contributed by atoms with E-state index in [9.17, 15) is 9.59 Å². The number of aryl methyl sites for hydroxylation is 1. The second-order valence-corrected chi connectivity index (χ2v) is 7.29. The standard InChI is InChI=1S/C19H18N4O2S/c24-17(20-12-9-10-13-15(11-12)23-19(25)22-13)7-3-4-8-18-21-14-5-1-2-6-16(14)26-18/h1-2,5-6,9-11H,3-4,7-8H2,(H,20,24)(H2,22,23,25). The number of anilines is 1. The number of nitrogens with zero attached hydrogens (tertiary/aromatic N) is 1. The number of para-hydroxylation sites is 1. The number of carbonyl (C=O) groups is 1. The summed E-state index contributed by atoms with van der Waals surface area (Å²) in [5.74, 6) is -0.0217. The van der Waals surface area contributed by atoms with Crippen LogP contribution in [0.5, 0.6) is 0 Å². The monoisotopic (exact) mass is 366 g/mol. The lowest BCUT2D eigenvalue weighted by molar-refractivity contribution is -0.116. The predicted molar refractivity (Wildman–Crippen MR) is 105 cm³/mol. The van der Waals surface area contributed by atoms with Crippen molar-refractivity contribution in [1.29, 1.82) is 0 Å². The lowest BCUT2D eigenvalue weighted by atomic mass is 10.2. The molecule has 4 rings (SSSR count). The number of H-pyrrole nitrogens is 2. The number of amides is 1. The van der Waals surface area contributed by atoms with Crippen molar-refractivity contribution in [3.63, 3.8) is 0 Å². The molecule has 26 heavy (non-hydrogen) atoms. The Morgan fingerprint density at radius 3 is 2.81 bits per heavy atom. The SMILES string of the molecule is O=C(CCCCc1nc2ccccc2s1)Nc1ccc2[nH]c(=O)[nH]c2c1. The quantitative estimate of drug-likeness (QED) is 0.453. The zero-order valence-corrected chi connectivity index (χ0v) is 14.9. The molecule has 0 aliphatic rings. The molecule has 4 aromatic rings. The summed E-state index contributed by atoms with van der Waals surface area (Å²) in [7, 11) is 0. The summed E-state index contributed by atoms with van der Waals surface area (Å²) in [6.07, 6.45) is 3.10. The van der Waals surface area contributed by atoms with Crippen molar-refractivity contribution in [3.05, 3.63) is 58.0 Å². The second kappa shape index (κ2) is 7.13. The highest BCUT2D eigenvalue weighted by molar-refractivity contribution is 7.18. The Morgan fingerprint density at radius 1 is 1.08 bits per heavy atom. The number of rotatable bonds is 6. The van der Waals surface area contributed by atoms with E-state index in [0.29, 0.717) is 17.6 Å². The number of aromatic nitrogens is 3. The van der Waals surface area contributed by atoms with E-state index in [2.05, 4.69) is 26.3 Å². The maximum absolute atomic E-state index is 12.1. The Kier molecular flexibility index (Phi) is 4.53. The molecule has 3 N–H and O–H groups in total. The maximum atomic E-state index is 12.1. The van der Waals surface area contributed by atoms with Crippen LogP contribution < -0.4 is 11.0 Å². The van der Waals surface area contributed by atoms with Gasteiger partial charge in [-0.3, -0.25) is 4.79 Å². The zero-order valence-electron chi connectivity index (χ0n) is 14.0. The number of thiazole rings is 1. The van der Waals surface area contributed by atoms with E-state index < -0.39 is 0 Å². The number of carbonyl (C=O) groups excluding carboxylic acids is 1. The highest BCUT2D eigenvalue weighted by Crippen LogP contribution is 2.23. The average Bonchev–Trinajstić information content (AvgIpc) is 3.20. The number of fused-ring (bicyclic) bond motifs is 2. The molecule has 0 spiro atoms. The van der Waals surface area contributed by atoms with Crippen LogP contribution in [0.15, 0.2) is 47.3 Å². The van der Waals surface area contributed by atoms with E-state index in [4.69, 9.17) is 0 Å². The number of hydrogen-bond donors (Lipinski definition) is 3. The van der Waals surface area contributed by atoms with Gasteiger partial charge in [-0.2, -0.15) is 0 Å². The van der Waals surface area contributed by atoms with Gasteiger partial charge in [0.15, 0.2) is 0 Å². The van der Waals surface area contributed by atoms with Crippen molar-refractivity contribution < 1.29 is 4.79 Å². The van der Waals surface area contributed by atoms with Crippen molar-refractivity contribution in [2.45, 2.75) is 25.7 Å². The van der Waals surface area contributed by atoms with E-state index in [1.54, 1.807) is 29.5 Å². The van der Waals surface area contributed by atoms with Crippen LogP contribution in [-0.4, -0.2) is 20.9 Å². The molecule has 0 unspecified atom stereocenters. The lowest BCUT2D eigenvalue weighted by Gasteiger charge is -2.05. The molecule has 2 aromatic carbocycles. The molecular weight excluding hydrogens is 348 g/mol. The van der Waals surface area contributed by atoms with E-state index in [1.807, 2.05) is 18.2 Å². The maximum Gasteiger partial charge on any atom is 0.323 e. The number of unbranched alkanes of at least 4 members (excludes halogenated alkanes) is 1. The van der Waals surface area contributed by atoms with Gasteiger partial charge in [0.1, 0.15) is 0 Å². The summed E-state index contributed by atoms with van der Waals surface area (Å²) in [4.78, 5) is 33.3. The molecule has 2 heterocycles. The van der Waals surface area contributed by atoms with Crippen LogP contribution >= 0.6 is 11.3 Å². The average molecular weight is 366 g/mol. The molecule has 2 aromatic heterocycles. The largest absolute Gasteiger partial charge is 0.326 e. The van der Waals surface area contributed by atoms with Gasteiger partial charge in [-0.15, -0.1) is 11.3 Å². The van der Waals surface area contributed by atoms with Gasteiger partial charge in [0.2, 0.25) is 5.91 Å². The summed E-state index contributed by atoms with van der Waals surface area (Å²) in [5.41, 5.74) is 2.89. The first kappa shape index (κ1) is 16.5. The summed E-state index contributed by atoms with van der Waals surface area (Å²) in [6.45, 7) is 0. The molecule has 0 saturated carbocycles. The number of benzene rings is 2. The molecule has 7 heteroatoms. The van der Waals surface area contributed by atoms with Crippen LogP contribution in [-0.2, 0) is 11.2 Å². The Labute approximate surface area is 153 Å². The summed E-state index contributed by atoms with van der Waals surface area (Å²) in [6, 6.07) is 13.4. The molecule has 1 amide bonds. The van der Waals surface area contributed by atoms with Crippen molar-refractivity contribution in [1.82, 2.24) is 15.0 Å². The van der Waals surface area contributed by atoms with E-state index in [0.717, 1.165) is 35.3 Å². The van der Waals surface area contributed by atoms with Crippen LogP contribution in [0, 0.1) is 0 Å². The molecule has 0 aliphatic heterocycles. The van der Waals surface area contributed by atoms with Crippen LogP contribution in [0.4, 0.5) is 5.69 Å². The fourth-order valence-electron chi connectivity index (χ4n) is 2.92. The number of imidazole rings is 1. The van der Waals surface area contributed by atoms with Crippen molar-refractivity contribution in [2.75, 3.05) is 5.32 Å². The number of nitrogens with one attached hydrogen (secondary N) is 3. The normalized spacial score (nSPS) is 11.2. The van der Waals surface area contributed by atoms with Crippen LogP contribution in [0.1, 0.15) is 24.3 Å². The van der Waals surface area contributed by atoms with Gasteiger partial charge in [-0.25, -0.2) is 9.78 Å². The number of hydrogen-bond acceptors (Lipinski definition) is 4. The first-order valence-electron chi connectivity index (χ1n) is 8.54. The van der Waals surface area contributed by atoms with E-state index in [-0.39, 0.29) is 11.6 Å². The second-order valence-electron chi connectivity index (χ2n) is 6.17. The minimum Gasteiger partial charge on any atom is -0.326 e. The predicted octanol–water partition coefficient (Wildman–Crippen LogP) is 3.82. The highest BCUT2D eigenvalue weighted by Gasteiger charge is 2.06. The van der Waals surface area contributed by atoms with Gasteiger partial charge < -0.3 is 15.3 Å². The molecule has 6 nitrogen and oxygen atoms in total. The van der Waals surface area contributed by atoms with Gasteiger partial charge in [0.25, 0.3) is 0 Å². The smallest absolute Gasteiger partial charge is 0.323 e. The lowest BCUT2D eigenvalue weighted by Crippen LogP contribution is -2.11. The Bertz CT molecular complexity index is 1090. The topological polar surface area (TPSA) is 90.6 Å². The molecular formula is C19H18N4O2S. The van der Waals surface area contributed by atoms with Crippen LogP contribution in [0.3, 0.4) is 0 Å². The van der Waals surface area contributed by atoms with Crippen molar-refractivity contribution in [2.24, 2.45) is 0 Å². The third-order valence-electron chi connectivity index (χ3n) is 4.18. The molecule has 0 fully saturated rings. The Balaban J connectivity index is 1.27. The zero-order chi connectivity index (χ0) is 17.9. The van der Waals surface area contributed by atoms with Gasteiger partial charge >= 0.3 is 5.69 Å². The first-order valence-corrected chi connectivity index (χ1v) is 9.35. The van der Waals surface area contributed by atoms with E-state index >= 15 is 0 Å². The third-order valence-corrected chi connectivity index (χ3v) is 5.28. The fourth-order valence-corrected chi connectivity index (χ4v) is 3.93. The summed E-state index contributed by atoms with van der Waals surface area (Å²) < 4.78 is 1.21. The molecule has 132 valence electrons. The third kappa shape index (κ3) is 3.67. The fraction of sp³-hybridized carbons (Fsp3) is 0.211. The molecule has 0 radical (unpaired) electrons. The molecule has 0 aliphatic carbocycles. The van der Waals surface area contributed by atoms with E-state index in [1.165, 1.54) is 4.70 Å². The Morgan fingerprint density at radius 2 is 1.92 bits per heavy atom. The summed E-state index contributed by atoms with van der Waals surface area (Å²) >= 11 is 1.72. The molecule has 0 bridgehead atoms. The first-order chi connectivity index (χ1) is 12.7. The minimum absolute atomic E-state index is 0.0217. The van der Waals surface area contributed by atoms with Gasteiger partial charge in [0.05, 0.1) is 26.3 Å².